The van der Waals surface area contributed by atoms with Gasteiger partial charge in [-0.3, -0.25) is 0 Å². The molecule has 3 aliphatic carbocycles. The van der Waals surface area contributed by atoms with Crippen molar-refractivity contribution in [2.45, 2.75) is 69.9 Å². The fraction of sp³-hybridized carbons (Fsp3) is 0.684. The molecule has 4 rings (SSSR count). The molecule has 3 aliphatic rings. The van der Waals surface area contributed by atoms with Gasteiger partial charge in [-0.05, 0) is 70.4 Å². The Morgan fingerprint density at radius 3 is 2.35 bits per heavy atom. The number of hydrogen-bond donors (Lipinski definition) is 3. The van der Waals surface area contributed by atoms with Gasteiger partial charge in [-0.25, -0.2) is 0 Å². The van der Waals surface area contributed by atoms with Crippen LogP contribution in [0.15, 0.2) is 12.1 Å². The number of nitrogens with two attached hydrogens (primary N) is 1. The second-order valence-corrected chi connectivity index (χ2v) is 8.23. The predicted molar refractivity (Wildman–Crippen MR) is 90.1 cm³/mol. The lowest BCUT2D eigenvalue weighted by Crippen LogP contribution is -2.96. The molecular weight excluding hydrogens is 290 g/mol. The van der Waals surface area contributed by atoms with Gasteiger partial charge in [0.15, 0.2) is 0 Å². The van der Waals surface area contributed by atoms with E-state index in [0.717, 1.165) is 11.3 Å². The highest BCUT2D eigenvalue weighted by atomic mass is 16.5. The van der Waals surface area contributed by atoms with Gasteiger partial charge in [0.25, 0.3) is 0 Å². The minimum atomic E-state index is -0.487. The average Bonchev–Trinajstić information content (AvgIpc) is 2.52. The summed E-state index contributed by atoms with van der Waals surface area (Å²) in [7, 11) is 0. The van der Waals surface area contributed by atoms with E-state index >= 15 is 0 Å². The molecule has 0 aliphatic heterocycles. The summed E-state index contributed by atoms with van der Waals surface area (Å²) < 4.78 is 5.96. The van der Waals surface area contributed by atoms with Crippen molar-refractivity contribution in [1.82, 2.24) is 0 Å². The number of rotatable bonds is 5. The molecule has 128 valence electrons. The van der Waals surface area contributed by atoms with Crippen molar-refractivity contribution in [2.75, 3.05) is 13.2 Å². The second-order valence-electron chi connectivity index (χ2n) is 8.23. The molecule has 4 heteroatoms. The number of fused-ring (bicyclic) bond motifs is 2. The van der Waals surface area contributed by atoms with E-state index in [0.29, 0.717) is 30.7 Å². The van der Waals surface area contributed by atoms with Crippen molar-refractivity contribution in [3.05, 3.63) is 23.3 Å². The van der Waals surface area contributed by atoms with E-state index in [2.05, 4.69) is 26.1 Å². The van der Waals surface area contributed by atoms with E-state index in [1.807, 2.05) is 6.07 Å². The second kappa shape index (κ2) is 6.33. The Bertz CT molecular complexity index is 556. The number of phenolic OH excluding ortho intramolecular Hbond substituents is 1. The molecule has 0 heterocycles. The summed E-state index contributed by atoms with van der Waals surface area (Å²) in [6.45, 7) is 7.34. The van der Waals surface area contributed by atoms with E-state index in [1.165, 1.54) is 31.2 Å². The van der Waals surface area contributed by atoms with Gasteiger partial charge in [0.2, 0.25) is 0 Å². The van der Waals surface area contributed by atoms with E-state index < -0.39 is 6.10 Å². The molecule has 4 N–H and O–H groups in total. The van der Waals surface area contributed by atoms with Crippen LogP contribution in [0.2, 0.25) is 0 Å². The number of benzene rings is 1. The van der Waals surface area contributed by atoms with Gasteiger partial charge in [-0.2, -0.15) is 0 Å². The summed E-state index contributed by atoms with van der Waals surface area (Å²) in [5, 5.41) is 22.5. The van der Waals surface area contributed by atoms with Crippen LogP contribution in [0.1, 0.15) is 69.4 Å². The Labute approximate surface area is 138 Å². The fourth-order valence-electron chi connectivity index (χ4n) is 4.00. The number of aliphatic hydroxyl groups is 1. The number of hydrogen-bond acceptors (Lipinski definition) is 3. The van der Waals surface area contributed by atoms with Crippen LogP contribution in [-0.2, 0) is 0 Å². The molecule has 1 atom stereocenters. The number of aromatic hydroxyl groups is 1. The first-order chi connectivity index (χ1) is 10.8. The largest absolute Gasteiger partial charge is 0.508 e. The Morgan fingerprint density at radius 2 is 1.74 bits per heavy atom. The zero-order valence-corrected chi connectivity index (χ0v) is 14.5. The van der Waals surface area contributed by atoms with Gasteiger partial charge >= 0.3 is 0 Å². The molecule has 1 saturated carbocycles. The summed E-state index contributed by atoms with van der Waals surface area (Å²) in [6.07, 6.45) is 4.25. The van der Waals surface area contributed by atoms with E-state index in [-0.39, 0.29) is 5.54 Å². The Balaban J connectivity index is 1.69. The molecule has 4 nitrogen and oxygen atoms in total. The van der Waals surface area contributed by atoms with Crippen LogP contribution in [0.4, 0.5) is 0 Å². The Hall–Kier alpha value is -1.26. The van der Waals surface area contributed by atoms with E-state index in [4.69, 9.17) is 4.74 Å². The summed E-state index contributed by atoms with van der Waals surface area (Å²) >= 11 is 0. The first kappa shape index (κ1) is 16.6. The van der Waals surface area contributed by atoms with Crippen LogP contribution in [0.5, 0.6) is 11.5 Å². The molecule has 1 aromatic carbocycles. The zero-order chi connectivity index (χ0) is 16.6. The van der Waals surface area contributed by atoms with E-state index in [1.54, 1.807) is 6.07 Å². The molecule has 2 bridgehead atoms. The summed E-state index contributed by atoms with van der Waals surface area (Å²) in [4.78, 5) is 0. The molecule has 23 heavy (non-hydrogen) atoms. The Kier molecular flexibility index (Phi) is 4.56. The molecule has 0 unspecified atom stereocenters. The maximum atomic E-state index is 10.2. The fourth-order valence-corrected chi connectivity index (χ4v) is 4.00. The third kappa shape index (κ3) is 3.64. The SMILES string of the molecule is CC(C)(C)[NH2+]C[C@H](O)COc1ccc(O)c2c1C1CCC2CC1. The molecule has 1 aromatic rings. The topological polar surface area (TPSA) is 66.3 Å². The van der Waals surface area contributed by atoms with Gasteiger partial charge in [-0.15, -0.1) is 0 Å². The molecule has 0 aromatic heterocycles. The summed E-state index contributed by atoms with van der Waals surface area (Å²) in [5.74, 6) is 2.28. The van der Waals surface area contributed by atoms with Crippen LogP contribution in [0.25, 0.3) is 0 Å². The highest BCUT2D eigenvalue weighted by Gasteiger charge is 2.37. The third-order valence-electron chi connectivity index (χ3n) is 5.20. The predicted octanol–water partition coefficient (Wildman–Crippen LogP) is 2.25. The van der Waals surface area contributed by atoms with Crippen molar-refractivity contribution < 1.29 is 20.3 Å². The lowest BCUT2D eigenvalue weighted by molar-refractivity contribution is -0.722. The summed E-state index contributed by atoms with van der Waals surface area (Å²) in [6, 6.07) is 3.62. The highest BCUT2D eigenvalue weighted by molar-refractivity contribution is 5.54. The standard InChI is InChI=1S/C19H29NO3/c1-19(2,3)20-10-14(21)11-23-16-9-8-15(22)17-12-4-6-13(7-5-12)18(16)17/h8-9,12-14,20-22H,4-7,10-11H2,1-3H3/p+1/t12?,13?,14-/m0/s1. The van der Waals surface area contributed by atoms with Gasteiger partial charge in [-0.1, -0.05) is 0 Å². The lowest BCUT2D eigenvalue weighted by Gasteiger charge is -2.39. The minimum absolute atomic E-state index is 0.109. The van der Waals surface area contributed by atoms with Gasteiger partial charge < -0.3 is 20.3 Å². The van der Waals surface area contributed by atoms with Crippen LogP contribution >= 0.6 is 0 Å². The van der Waals surface area contributed by atoms with Crippen molar-refractivity contribution in [3.63, 3.8) is 0 Å². The van der Waals surface area contributed by atoms with Crippen molar-refractivity contribution in [1.29, 1.82) is 0 Å². The van der Waals surface area contributed by atoms with Crippen molar-refractivity contribution in [3.8, 4) is 11.5 Å². The summed E-state index contributed by atoms with van der Waals surface area (Å²) in [5.41, 5.74) is 2.43. The van der Waals surface area contributed by atoms with Gasteiger partial charge in [0, 0.05) is 11.1 Å². The monoisotopic (exact) mass is 320 g/mol. The number of aliphatic hydroxyl groups excluding tert-OH is 1. The third-order valence-corrected chi connectivity index (χ3v) is 5.20. The average molecular weight is 320 g/mol. The number of phenols is 1. The van der Waals surface area contributed by atoms with Crippen molar-refractivity contribution in [2.24, 2.45) is 0 Å². The Morgan fingerprint density at radius 1 is 1.13 bits per heavy atom. The van der Waals surface area contributed by atoms with Crippen LogP contribution in [0.3, 0.4) is 0 Å². The van der Waals surface area contributed by atoms with E-state index in [9.17, 15) is 10.2 Å². The first-order valence-electron chi connectivity index (χ1n) is 8.86. The highest BCUT2D eigenvalue weighted by Crippen LogP contribution is 2.54. The quantitative estimate of drug-likeness (QED) is 0.779. The zero-order valence-electron chi connectivity index (χ0n) is 14.5. The molecule has 0 amide bonds. The number of ether oxygens (including phenoxy) is 1. The molecular formula is C19H30NO3+. The minimum Gasteiger partial charge on any atom is -0.508 e. The smallest absolute Gasteiger partial charge is 0.137 e. The van der Waals surface area contributed by atoms with Crippen molar-refractivity contribution >= 4 is 0 Å². The normalized spacial score (nSPS) is 24.3. The van der Waals surface area contributed by atoms with Crippen LogP contribution in [0, 0.1) is 0 Å². The maximum absolute atomic E-state index is 10.2. The molecule has 0 spiro atoms. The lowest BCUT2D eigenvalue weighted by atomic mass is 9.66. The first-order valence-corrected chi connectivity index (χ1v) is 8.86. The molecule has 0 radical (unpaired) electrons. The maximum Gasteiger partial charge on any atom is 0.137 e. The van der Waals surface area contributed by atoms with Gasteiger partial charge in [0.05, 0.1) is 5.54 Å². The van der Waals surface area contributed by atoms with Gasteiger partial charge in [0.1, 0.15) is 30.8 Å². The van der Waals surface area contributed by atoms with Crippen LogP contribution < -0.4 is 10.1 Å². The molecule has 0 saturated heterocycles. The number of quaternary nitrogens is 1. The van der Waals surface area contributed by atoms with Crippen LogP contribution in [-0.4, -0.2) is 35.0 Å². The molecule has 1 fully saturated rings.